The molecule has 0 aliphatic heterocycles. The summed E-state index contributed by atoms with van der Waals surface area (Å²) in [6, 6.07) is 17.5. The molecular weight excluding hydrogens is 436 g/mol. The minimum absolute atomic E-state index is 0.0523. The largest absolute Gasteiger partial charge is 0.504 e. The molecule has 0 spiro atoms. The highest BCUT2D eigenvalue weighted by molar-refractivity contribution is 5.89. The van der Waals surface area contributed by atoms with Gasteiger partial charge in [-0.05, 0) is 88.6 Å². The van der Waals surface area contributed by atoms with Gasteiger partial charge in [0, 0.05) is 27.7 Å². The van der Waals surface area contributed by atoms with Gasteiger partial charge in [-0.2, -0.15) is 0 Å². The molecule has 5 heteroatoms. The molecule has 0 fully saturated rings. The number of aromatic nitrogens is 2. The summed E-state index contributed by atoms with van der Waals surface area (Å²) in [6.45, 7) is 11.9. The number of rotatable bonds is 4. The molecule has 0 unspecified atom stereocenters. The number of hydrogen-bond donors (Lipinski definition) is 1. The van der Waals surface area contributed by atoms with Crippen molar-refractivity contribution in [3.63, 3.8) is 0 Å². The third-order valence-corrected chi connectivity index (χ3v) is 6.32. The summed E-state index contributed by atoms with van der Waals surface area (Å²) in [7, 11) is 0. The first-order valence-electron chi connectivity index (χ1n) is 11.7. The Kier molecular flexibility index (Phi) is 5.56. The summed E-state index contributed by atoms with van der Waals surface area (Å²) < 4.78 is 12.8. The highest BCUT2D eigenvalue weighted by Crippen LogP contribution is 2.44. The lowest BCUT2D eigenvalue weighted by atomic mass is 10.1. The normalized spacial score (nSPS) is 11.3. The van der Waals surface area contributed by atoms with E-state index in [1.807, 2.05) is 70.2 Å². The molecule has 2 heterocycles. The van der Waals surface area contributed by atoms with Crippen LogP contribution in [0.25, 0.3) is 21.8 Å². The molecule has 0 atom stereocenters. The van der Waals surface area contributed by atoms with E-state index in [0.29, 0.717) is 28.6 Å². The Morgan fingerprint density at radius 2 is 1.09 bits per heavy atom. The summed E-state index contributed by atoms with van der Waals surface area (Å²) in [5.74, 6) is 2.28. The van der Waals surface area contributed by atoms with Crippen LogP contribution in [0.15, 0.2) is 54.6 Å². The lowest BCUT2D eigenvalue weighted by Crippen LogP contribution is -1.98. The number of hydrogen-bond acceptors (Lipinski definition) is 5. The molecule has 0 aliphatic rings. The number of pyridine rings is 2. The molecule has 0 saturated heterocycles. The zero-order chi connectivity index (χ0) is 24.9. The molecule has 5 aromatic rings. The Morgan fingerprint density at radius 3 is 1.60 bits per heavy atom. The average molecular weight is 465 g/mol. The number of aryl methyl sites for hydroxylation is 5. The van der Waals surface area contributed by atoms with Gasteiger partial charge in [0.05, 0.1) is 0 Å². The molecule has 3 aromatic carbocycles. The Morgan fingerprint density at radius 1 is 0.600 bits per heavy atom. The van der Waals surface area contributed by atoms with Crippen molar-refractivity contribution in [3.05, 3.63) is 88.2 Å². The molecule has 0 saturated carbocycles. The summed E-state index contributed by atoms with van der Waals surface area (Å²) in [4.78, 5) is 9.44. The molecule has 1 N–H and O–H groups in total. The van der Waals surface area contributed by atoms with Gasteiger partial charge in [0.1, 0.15) is 16.8 Å². The van der Waals surface area contributed by atoms with Crippen LogP contribution >= 0.6 is 0 Å². The smallest absolute Gasteiger partial charge is 0.175 e. The summed E-state index contributed by atoms with van der Waals surface area (Å²) in [5, 5.41) is 12.9. The van der Waals surface area contributed by atoms with E-state index in [0.717, 1.165) is 49.9 Å². The van der Waals surface area contributed by atoms with Gasteiger partial charge in [-0.1, -0.05) is 24.3 Å². The van der Waals surface area contributed by atoms with E-state index in [1.165, 1.54) is 0 Å². The van der Waals surface area contributed by atoms with E-state index in [-0.39, 0.29) is 5.75 Å². The van der Waals surface area contributed by atoms with E-state index in [2.05, 4.69) is 19.9 Å². The van der Waals surface area contributed by atoms with Crippen molar-refractivity contribution in [2.45, 2.75) is 41.5 Å². The van der Waals surface area contributed by atoms with Crippen molar-refractivity contribution in [2.75, 3.05) is 0 Å². The number of aromatic hydroxyl groups is 1. The number of benzene rings is 3. The highest BCUT2D eigenvalue weighted by Gasteiger charge is 2.19. The second kappa shape index (κ2) is 8.58. The van der Waals surface area contributed by atoms with Crippen molar-refractivity contribution in [2.24, 2.45) is 0 Å². The van der Waals surface area contributed by atoms with Gasteiger partial charge < -0.3 is 14.6 Å². The number of para-hydroxylation sites is 2. The van der Waals surface area contributed by atoms with Crippen LogP contribution in [-0.2, 0) is 0 Å². The Bertz CT molecular complexity index is 1510. The second-order valence-electron chi connectivity index (χ2n) is 9.17. The lowest BCUT2D eigenvalue weighted by molar-refractivity contribution is 0.402. The molecular formula is C30H28N2O3. The average Bonchev–Trinajstić information content (AvgIpc) is 2.80. The van der Waals surface area contributed by atoms with Gasteiger partial charge in [0.25, 0.3) is 0 Å². The molecule has 176 valence electrons. The summed E-state index contributed by atoms with van der Waals surface area (Å²) in [6.07, 6.45) is 0. The van der Waals surface area contributed by atoms with E-state index < -0.39 is 0 Å². The number of fused-ring (bicyclic) bond motifs is 2. The van der Waals surface area contributed by atoms with E-state index >= 15 is 0 Å². The maximum atomic E-state index is 10.8. The fourth-order valence-electron chi connectivity index (χ4n) is 4.71. The first-order valence-corrected chi connectivity index (χ1v) is 11.7. The van der Waals surface area contributed by atoms with Crippen LogP contribution in [0.5, 0.6) is 28.7 Å². The summed E-state index contributed by atoms with van der Waals surface area (Å²) in [5.41, 5.74) is 7.19. The first kappa shape index (κ1) is 22.7. The molecule has 0 amide bonds. The number of phenolic OH excluding ortho intramolecular Hbond substituents is 1. The number of phenols is 1. The standard InChI is InChI=1S/C30H28N2O3/c1-16-13-19(4)31-27-22(16)9-7-11-25(27)34-29-18(3)15-24(33)30(21(29)6)35-26-12-8-10-23-17(2)14-20(5)32-28(23)26/h7-15,33H,1-6H3. The van der Waals surface area contributed by atoms with Gasteiger partial charge in [0.15, 0.2) is 23.0 Å². The van der Waals surface area contributed by atoms with Crippen molar-refractivity contribution in [1.29, 1.82) is 0 Å². The van der Waals surface area contributed by atoms with Gasteiger partial charge in [-0.15, -0.1) is 0 Å². The minimum atomic E-state index is 0.0523. The van der Waals surface area contributed by atoms with Crippen LogP contribution in [-0.4, -0.2) is 15.1 Å². The lowest BCUT2D eigenvalue weighted by Gasteiger charge is -2.19. The Balaban J connectivity index is 1.62. The third-order valence-electron chi connectivity index (χ3n) is 6.32. The van der Waals surface area contributed by atoms with Gasteiger partial charge in [-0.25, -0.2) is 9.97 Å². The second-order valence-corrected chi connectivity index (χ2v) is 9.17. The van der Waals surface area contributed by atoms with Crippen LogP contribution < -0.4 is 9.47 Å². The van der Waals surface area contributed by atoms with E-state index in [4.69, 9.17) is 19.4 Å². The fourth-order valence-corrected chi connectivity index (χ4v) is 4.71. The van der Waals surface area contributed by atoms with Crippen LogP contribution in [0.1, 0.15) is 33.6 Å². The maximum absolute atomic E-state index is 10.8. The Labute approximate surface area is 205 Å². The Hall–Kier alpha value is -4.12. The van der Waals surface area contributed by atoms with Crippen LogP contribution in [0.3, 0.4) is 0 Å². The van der Waals surface area contributed by atoms with Crippen molar-refractivity contribution in [3.8, 4) is 28.7 Å². The minimum Gasteiger partial charge on any atom is -0.504 e. The summed E-state index contributed by atoms with van der Waals surface area (Å²) >= 11 is 0. The predicted octanol–water partition coefficient (Wildman–Crippen LogP) is 7.92. The quantitative estimate of drug-likeness (QED) is 0.293. The fraction of sp³-hybridized carbons (Fsp3) is 0.200. The zero-order valence-electron chi connectivity index (χ0n) is 20.9. The van der Waals surface area contributed by atoms with Crippen molar-refractivity contribution >= 4 is 21.8 Å². The predicted molar refractivity (Wildman–Crippen MR) is 140 cm³/mol. The maximum Gasteiger partial charge on any atom is 0.175 e. The molecule has 0 aliphatic carbocycles. The third kappa shape index (κ3) is 4.03. The van der Waals surface area contributed by atoms with Gasteiger partial charge >= 0.3 is 0 Å². The number of ether oxygens (including phenoxy) is 2. The zero-order valence-corrected chi connectivity index (χ0v) is 20.9. The van der Waals surface area contributed by atoms with Crippen LogP contribution in [0, 0.1) is 41.5 Å². The highest BCUT2D eigenvalue weighted by atomic mass is 16.5. The first-order chi connectivity index (χ1) is 16.7. The number of nitrogens with zero attached hydrogens (tertiary/aromatic N) is 2. The topological polar surface area (TPSA) is 64.5 Å². The molecule has 35 heavy (non-hydrogen) atoms. The monoisotopic (exact) mass is 464 g/mol. The molecule has 2 aromatic heterocycles. The molecule has 5 rings (SSSR count). The van der Waals surface area contributed by atoms with E-state index in [1.54, 1.807) is 6.07 Å². The van der Waals surface area contributed by atoms with Crippen molar-refractivity contribution < 1.29 is 14.6 Å². The van der Waals surface area contributed by atoms with Crippen molar-refractivity contribution in [1.82, 2.24) is 9.97 Å². The molecule has 0 radical (unpaired) electrons. The SMILES string of the molecule is Cc1cc(C)c2cccc(Oc3c(C)cc(O)c(Oc4cccc5c(C)cc(C)nc45)c3C)c2n1. The van der Waals surface area contributed by atoms with Gasteiger partial charge in [-0.3, -0.25) is 0 Å². The van der Waals surface area contributed by atoms with Crippen LogP contribution in [0.4, 0.5) is 0 Å². The molecule has 0 bridgehead atoms. The van der Waals surface area contributed by atoms with E-state index in [9.17, 15) is 5.11 Å². The van der Waals surface area contributed by atoms with Crippen LogP contribution in [0.2, 0.25) is 0 Å². The molecule has 5 nitrogen and oxygen atoms in total. The van der Waals surface area contributed by atoms with Gasteiger partial charge in [0.2, 0.25) is 0 Å².